The Bertz CT molecular complexity index is 658. The molecule has 29 heavy (non-hydrogen) atoms. The van der Waals surface area contributed by atoms with E-state index in [2.05, 4.69) is 37.1 Å². The summed E-state index contributed by atoms with van der Waals surface area (Å²) in [7, 11) is -6.85. The summed E-state index contributed by atoms with van der Waals surface area (Å²) in [6.45, 7) is 6.84. The van der Waals surface area contributed by atoms with Crippen LogP contribution < -0.4 is 0 Å². The maximum Gasteiger partial charge on any atom is 0.461 e. The van der Waals surface area contributed by atoms with Gasteiger partial charge in [0, 0.05) is 13.1 Å². The Hall–Kier alpha value is -1.30. The molecule has 0 unspecified atom stereocenters. The zero-order valence-electron chi connectivity index (χ0n) is 16.2. The highest BCUT2D eigenvalue weighted by Crippen LogP contribution is 2.48. The predicted molar refractivity (Wildman–Crippen MR) is 95.3 cm³/mol. The molecule has 0 amide bonds. The number of nitrogens with zero attached hydrogens (tertiary/aromatic N) is 1. The Labute approximate surface area is 166 Å². The average Bonchev–Trinajstić information content (AvgIpc) is 2.56. The fourth-order valence-electron chi connectivity index (χ4n) is 2.33. The Kier molecular flexibility index (Phi) is 10.7. The van der Waals surface area contributed by atoms with E-state index in [9.17, 15) is 39.2 Å². The van der Waals surface area contributed by atoms with Crippen LogP contribution in [0.15, 0.2) is 23.9 Å². The maximum absolute atomic E-state index is 11.9. The smallest absolute Gasteiger partial charge is 0.373 e. The van der Waals surface area contributed by atoms with Gasteiger partial charge in [-0.1, -0.05) is 50.7 Å². The van der Waals surface area contributed by atoms with Crippen molar-refractivity contribution in [1.82, 2.24) is 4.90 Å². The molecule has 0 saturated carbocycles. The number of halogens is 7. The second-order valence-corrected chi connectivity index (χ2v) is 8.12. The van der Waals surface area contributed by atoms with Crippen molar-refractivity contribution in [1.29, 1.82) is 0 Å². The lowest BCUT2D eigenvalue weighted by Gasteiger charge is -2.25. The molecular formula is C17H26F7NO3S. The summed E-state index contributed by atoms with van der Waals surface area (Å²) in [6.07, 6.45) is 8.14. The zero-order chi connectivity index (χ0) is 22.9. The number of hydrogen-bond donors (Lipinski definition) is 1. The van der Waals surface area contributed by atoms with Gasteiger partial charge in [-0.15, -0.1) is 0 Å². The van der Waals surface area contributed by atoms with Gasteiger partial charge in [-0.05, 0) is 25.6 Å². The number of allylic oxidation sites excluding steroid dienone is 2. The first-order valence-corrected chi connectivity index (χ1v) is 10.4. The van der Waals surface area contributed by atoms with Gasteiger partial charge in [-0.2, -0.15) is 39.2 Å². The van der Waals surface area contributed by atoms with E-state index in [1.54, 1.807) is 0 Å². The fourth-order valence-corrected chi connectivity index (χ4v) is 2.77. The van der Waals surface area contributed by atoms with Gasteiger partial charge in [-0.25, -0.2) is 0 Å². The van der Waals surface area contributed by atoms with Crippen molar-refractivity contribution in [2.75, 3.05) is 13.1 Å². The van der Waals surface area contributed by atoms with Gasteiger partial charge in [0.05, 0.1) is 0 Å². The van der Waals surface area contributed by atoms with Crippen LogP contribution in [-0.2, 0) is 10.1 Å². The summed E-state index contributed by atoms with van der Waals surface area (Å²) in [5.41, 5.74) is 1.48. The lowest BCUT2D eigenvalue weighted by Crippen LogP contribution is -2.55. The quantitative estimate of drug-likeness (QED) is 0.271. The summed E-state index contributed by atoms with van der Waals surface area (Å²) in [5.74, 6) is -6.85. The van der Waals surface area contributed by atoms with Crippen LogP contribution in [0.5, 0.6) is 0 Å². The molecule has 0 atom stereocenters. The van der Waals surface area contributed by atoms with Crippen LogP contribution in [0.1, 0.15) is 52.4 Å². The van der Waals surface area contributed by atoms with Gasteiger partial charge in [-0.3, -0.25) is 4.55 Å². The third kappa shape index (κ3) is 8.53. The van der Waals surface area contributed by atoms with Crippen molar-refractivity contribution in [3.05, 3.63) is 23.9 Å². The van der Waals surface area contributed by atoms with Crippen molar-refractivity contribution in [2.45, 2.75) is 69.7 Å². The van der Waals surface area contributed by atoms with Crippen LogP contribution >= 0.6 is 0 Å². The summed E-state index contributed by atoms with van der Waals surface area (Å²) in [4.78, 5) is 2.43. The van der Waals surface area contributed by atoms with Crippen molar-refractivity contribution in [2.24, 2.45) is 0 Å². The lowest BCUT2D eigenvalue weighted by atomic mass is 10.1. The molecule has 0 fully saturated rings. The second-order valence-electron chi connectivity index (χ2n) is 6.66. The van der Waals surface area contributed by atoms with Crippen molar-refractivity contribution in [3.63, 3.8) is 0 Å². The van der Waals surface area contributed by atoms with E-state index in [1.165, 1.54) is 50.6 Å². The molecule has 12 heteroatoms. The Morgan fingerprint density at radius 2 is 1.52 bits per heavy atom. The van der Waals surface area contributed by atoms with Crippen molar-refractivity contribution in [3.8, 4) is 0 Å². The first-order valence-electron chi connectivity index (χ1n) is 8.95. The standard InChI is InChI=1S/C14H25N.C3HF7O3S/c1-3-4-5-6-7-8-11-15-12-9-10-14(2)13-15;4-1(5,2(6,7)8)3(9,10)14(11,12)13/h9-10,12H,3-8,11,13H2,1-2H3;(H,11,12,13). The highest BCUT2D eigenvalue weighted by atomic mass is 32.2. The van der Waals surface area contributed by atoms with Gasteiger partial charge < -0.3 is 4.90 Å². The molecule has 0 saturated heterocycles. The molecule has 0 radical (unpaired) electrons. The van der Waals surface area contributed by atoms with Crippen LogP contribution in [0.3, 0.4) is 0 Å². The highest BCUT2D eigenvalue weighted by Gasteiger charge is 2.78. The molecule has 1 N–H and O–H groups in total. The molecule has 0 aromatic rings. The monoisotopic (exact) mass is 457 g/mol. The lowest BCUT2D eigenvalue weighted by molar-refractivity contribution is -0.333. The number of alkyl halides is 7. The molecule has 0 aromatic carbocycles. The summed E-state index contributed by atoms with van der Waals surface area (Å²) >= 11 is 0. The van der Waals surface area contributed by atoms with Crippen LogP contribution in [0, 0.1) is 0 Å². The van der Waals surface area contributed by atoms with E-state index in [1.807, 2.05) is 0 Å². The van der Waals surface area contributed by atoms with Gasteiger partial charge >= 0.3 is 27.5 Å². The van der Waals surface area contributed by atoms with E-state index in [0.29, 0.717) is 0 Å². The molecule has 1 rings (SSSR count). The summed E-state index contributed by atoms with van der Waals surface area (Å²) in [6, 6.07) is 0. The Balaban J connectivity index is 0.000000543. The average molecular weight is 457 g/mol. The van der Waals surface area contributed by atoms with Crippen molar-refractivity contribution < 1.29 is 43.7 Å². The third-order valence-corrected chi connectivity index (χ3v) is 4.88. The van der Waals surface area contributed by atoms with E-state index in [4.69, 9.17) is 4.55 Å². The molecule has 0 spiro atoms. The van der Waals surface area contributed by atoms with Gasteiger partial charge in [0.1, 0.15) is 0 Å². The molecule has 172 valence electrons. The largest absolute Gasteiger partial charge is 0.461 e. The minimum absolute atomic E-state index is 1.13. The van der Waals surface area contributed by atoms with Gasteiger partial charge in [0.25, 0.3) is 0 Å². The summed E-state index contributed by atoms with van der Waals surface area (Å²) < 4.78 is 108. The van der Waals surface area contributed by atoms with Crippen LogP contribution in [-0.4, -0.2) is 48.3 Å². The molecule has 0 bridgehead atoms. The first kappa shape index (κ1) is 27.7. The third-order valence-electron chi connectivity index (χ3n) is 3.97. The Morgan fingerprint density at radius 3 is 1.93 bits per heavy atom. The highest BCUT2D eigenvalue weighted by molar-refractivity contribution is 7.87. The van der Waals surface area contributed by atoms with Crippen LogP contribution in [0.4, 0.5) is 30.7 Å². The SMILES string of the molecule is CCCCCCCCN1C=CC=C(C)C1.O=S(=O)(O)C(F)(F)C(F)(F)C(F)(F)F. The van der Waals surface area contributed by atoms with E-state index >= 15 is 0 Å². The van der Waals surface area contributed by atoms with Crippen LogP contribution in [0.2, 0.25) is 0 Å². The Morgan fingerprint density at radius 1 is 1.00 bits per heavy atom. The molecule has 1 aliphatic rings. The number of unbranched alkanes of at least 4 members (excludes halogenated alkanes) is 5. The number of rotatable bonds is 9. The van der Waals surface area contributed by atoms with Crippen LogP contribution in [0.25, 0.3) is 0 Å². The minimum Gasteiger partial charge on any atom is -0.373 e. The van der Waals surface area contributed by atoms with E-state index < -0.39 is 27.5 Å². The normalized spacial score (nSPS) is 15.7. The fraction of sp³-hybridized carbons (Fsp3) is 0.765. The molecule has 4 nitrogen and oxygen atoms in total. The van der Waals surface area contributed by atoms with Crippen molar-refractivity contribution >= 4 is 10.1 Å². The molecular weight excluding hydrogens is 431 g/mol. The molecule has 0 aliphatic carbocycles. The first-order chi connectivity index (χ1) is 13.1. The second kappa shape index (κ2) is 11.2. The van der Waals surface area contributed by atoms with Gasteiger partial charge in [0.2, 0.25) is 0 Å². The predicted octanol–water partition coefficient (Wildman–Crippen LogP) is 5.79. The topological polar surface area (TPSA) is 57.6 Å². The molecule has 1 heterocycles. The minimum atomic E-state index is -6.85. The zero-order valence-corrected chi connectivity index (χ0v) is 17.0. The van der Waals surface area contributed by atoms with Gasteiger partial charge in [0.15, 0.2) is 0 Å². The van der Waals surface area contributed by atoms with E-state index in [-0.39, 0.29) is 0 Å². The maximum atomic E-state index is 11.9. The number of hydrogen-bond acceptors (Lipinski definition) is 3. The molecule has 0 aromatic heterocycles. The molecule has 1 aliphatic heterocycles. The summed E-state index contributed by atoms with van der Waals surface area (Å²) in [5, 5.41) is -6.61. The van der Waals surface area contributed by atoms with E-state index in [0.717, 1.165) is 6.54 Å².